The SMILES string of the molecule is CCc1[nH]c(C(=O)NC2CCN(C(=O)O)CC2NC(CC)CC)nc1Cl. The van der Waals surface area contributed by atoms with Crippen molar-refractivity contribution < 1.29 is 14.7 Å². The molecule has 1 aromatic rings. The van der Waals surface area contributed by atoms with E-state index in [0.717, 1.165) is 18.5 Å². The van der Waals surface area contributed by atoms with E-state index in [9.17, 15) is 14.7 Å². The number of carbonyl (C=O) groups excluding carboxylic acids is 1. The van der Waals surface area contributed by atoms with Crippen LogP contribution in [0, 0.1) is 0 Å². The van der Waals surface area contributed by atoms with Gasteiger partial charge in [0.15, 0.2) is 11.0 Å². The number of H-pyrrole nitrogens is 1. The second-order valence-electron chi connectivity index (χ2n) is 6.59. The van der Waals surface area contributed by atoms with E-state index >= 15 is 0 Å². The molecular formula is C17H28ClN5O3. The number of carboxylic acid groups (broad SMARTS) is 1. The van der Waals surface area contributed by atoms with Gasteiger partial charge >= 0.3 is 6.09 Å². The average molecular weight is 386 g/mol. The van der Waals surface area contributed by atoms with Crippen molar-refractivity contribution in [2.24, 2.45) is 0 Å². The summed E-state index contributed by atoms with van der Waals surface area (Å²) in [6, 6.07) is -0.0460. The van der Waals surface area contributed by atoms with E-state index < -0.39 is 6.09 Å². The lowest BCUT2D eigenvalue weighted by Gasteiger charge is -2.39. The molecule has 146 valence electrons. The van der Waals surface area contributed by atoms with E-state index in [1.165, 1.54) is 4.90 Å². The molecule has 8 nitrogen and oxygen atoms in total. The predicted molar refractivity (Wildman–Crippen MR) is 99.7 cm³/mol. The second kappa shape index (κ2) is 9.23. The van der Waals surface area contributed by atoms with Gasteiger partial charge in [0, 0.05) is 31.2 Å². The number of imidazole rings is 1. The number of nitrogens with one attached hydrogen (secondary N) is 3. The third kappa shape index (κ3) is 4.88. The first-order valence-corrected chi connectivity index (χ1v) is 9.56. The Hall–Kier alpha value is -1.80. The highest BCUT2D eigenvalue weighted by Gasteiger charge is 2.33. The van der Waals surface area contributed by atoms with Crippen LogP contribution in [0.5, 0.6) is 0 Å². The highest BCUT2D eigenvalue weighted by Crippen LogP contribution is 2.16. The fourth-order valence-electron chi connectivity index (χ4n) is 3.26. The van der Waals surface area contributed by atoms with Crippen LogP contribution >= 0.6 is 11.6 Å². The van der Waals surface area contributed by atoms with E-state index in [1.54, 1.807) is 0 Å². The van der Waals surface area contributed by atoms with Gasteiger partial charge in [0.1, 0.15) is 0 Å². The third-order valence-electron chi connectivity index (χ3n) is 4.93. The maximum atomic E-state index is 12.6. The molecule has 26 heavy (non-hydrogen) atoms. The maximum absolute atomic E-state index is 12.6. The Morgan fingerprint density at radius 3 is 2.58 bits per heavy atom. The molecule has 1 aromatic heterocycles. The number of hydrogen-bond acceptors (Lipinski definition) is 4. The standard InChI is InChI=1S/C17H28ClN5O3/c1-4-10(5-2)19-13-9-23(17(25)26)8-7-12(13)21-16(24)15-20-11(6-3)14(18)22-15/h10,12-13,19H,4-9H2,1-3H3,(H,20,22)(H,21,24)(H,25,26). The largest absolute Gasteiger partial charge is 0.465 e. The van der Waals surface area contributed by atoms with Gasteiger partial charge in [0.2, 0.25) is 0 Å². The zero-order chi connectivity index (χ0) is 19.3. The number of halogens is 1. The number of hydrogen-bond donors (Lipinski definition) is 4. The van der Waals surface area contributed by atoms with Crippen molar-refractivity contribution >= 4 is 23.6 Å². The van der Waals surface area contributed by atoms with Crippen LogP contribution in [0.1, 0.15) is 56.3 Å². The molecule has 0 aliphatic carbocycles. The molecule has 0 radical (unpaired) electrons. The lowest BCUT2D eigenvalue weighted by molar-refractivity contribution is 0.0852. The summed E-state index contributed by atoms with van der Waals surface area (Å²) >= 11 is 6.01. The van der Waals surface area contributed by atoms with E-state index in [0.29, 0.717) is 31.1 Å². The number of rotatable bonds is 7. The molecule has 1 saturated heterocycles. The number of amides is 2. The van der Waals surface area contributed by atoms with Crippen LogP contribution in [-0.2, 0) is 6.42 Å². The van der Waals surface area contributed by atoms with Crippen LogP contribution in [0.4, 0.5) is 4.79 Å². The molecule has 9 heteroatoms. The number of nitrogens with zero attached hydrogens (tertiary/aromatic N) is 2. The molecule has 2 heterocycles. The molecule has 2 atom stereocenters. The fraction of sp³-hybridized carbons (Fsp3) is 0.706. The van der Waals surface area contributed by atoms with Gasteiger partial charge in [-0.1, -0.05) is 32.4 Å². The fourth-order valence-corrected chi connectivity index (χ4v) is 3.53. The molecule has 1 aliphatic heterocycles. The monoisotopic (exact) mass is 385 g/mol. The number of likely N-dealkylation sites (tertiary alicyclic amines) is 1. The quantitative estimate of drug-likeness (QED) is 0.575. The Labute approximate surface area is 158 Å². The summed E-state index contributed by atoms with van der Waals surface area (Å²) in [5.74, 6) is -0.134. The van der Waals surface area contributed by atoms with E-state index in [2.05, 4.69) is 34.4 Å². The summed E-state index contributed by atoms with van der Waals surface area (Å²) < 4.78 is 0. The van der Waals surface area contributed by atoms with Crippen LogP contribution in [0.25, 0.3) is 0 Å². The van der Waals surface area contributed by atoms with Gasteiger partial charge in [-0.2, -0.15) is 0 Å². The van der Waals surface area contributed by atoms with Gasteiger partial charge in [-0.25, -0.2) is 9.78 Å². The molecule has 0 spiro atoms. The number of aromatic amines is 1. The van der Waals surface area contributed by atoms with Crippen molar-refractivity contribution in [1.82, 2.24) is 25.5 Å². The summed E-state index contributed by atoms with van der Waals surface area (Å²) in [4.78, 5) is 32.3. The van der Waals surface area contributed by atoms with Crippen molar-refractivity contribution in [3.8, 4) is 0 Å². The van der Waals surface area contributed by atoms with Crippen molar-refractivity contribution in [3.63, 3.8) is 0 Å². The van der Waals surface area contributed by atoms with Crippen molar-refractivity contribution in [2.75, 3.05) is 13.1 Å². The van der Waals surface area contributed by atoms with Gasteiger partial charge < -0.3 is 25.6 Å². The lowest BCUT2D eigenvalue weighted by atomic mass is 9.97. The van der Waals surface area contributed by atoms with E-state index in [-0.39, 0.29) is 29.9 Å². The van der Waals surface area contributed by atoms with Crippen molar-refractivity contribution in [2.45, 2.75) is 64.6 Å². The Kier molecular flexibility index (Phi) is 7.28. The molecule has 0 aromatic carbocycles. The molecule has 0 saturated carbocycles. The van der Waals surface area contributed by atoms with Crippen LogP contribution in [0.15, 0.2) is 0 Å². The minimum Gasteiger partial charge on any atom is -0.465 e. The summed E-state index contributed by atoms with van der Waals surface area (Å²) in [5.41, 5.74) is 0.726. The van der Waals surface area contributed by atoms with Crippen molar-refractivity contribution in [1.29, 1.82) is 0 Å². The summed E-state index contributed by atoms with van der Waals surface area (Å²) in [5, 5.41) is 16.1. The maximum Gasteiger partial charge on any atom is 0.407 e. The van der Waals surface area contributed by atoms with Crippen LogP contribution in [-0.4, -0.2) is 63.2 Å². The third-order valence-corrected chi connectivity index (χ3v) is 5.24. The van der Waals surface area contributed by atoms with Gasteiger partial charge in [-0.3, -0.25) is 4.79 Å². The number of aromatic nitrogens is 2. The number of carbonyl (C=O) groups is 2. The molecule has 2 rings (SSSR count). The van der Waals surface area contributed by atoms with Crippen LogP contribution < -0.4 is 10.6 Å². The minimum absolute atomic E-state index is 0.148. The Balaban J connectivity index is 2.10. The topological polar surface area (TPSA) is 110 Å². The molecule has 2 unspecified atom stereocenters. The van der Waals surface area contributed by atoms with Crippen molar-refractivity contribution in [3.05, 3.63) is 16.7 Å². The average Bonchev–Trinajstić information content (AvgIpc) is 3.01. The molecular weight excluding hydrogens is 358 g/mol. The summed E-state index contributed by atoms with van der Waals surface area (Å²) in [6.07, 6.45) is 2.15. The first kappa shape index (κ1) is 20.5. The molecule has 2 amide bonds. The number of piperidine rings is 1. The first-order valence-electron chi connectivity index (χ1n) is 9.18. The Morgan fingerprint density at radius 2 is 2.04 bits per heavy atom. The van der Waals surface area contributed by atoms with Gasteiger partial charge in [0.05, 0.1) is 5.69 Å². The van der Waals surface area contributed by atoms with Crippen LogP contribution in [0.3, 0.4) is 0 Å². The number of aryl methyl sites for hydroxylation is 1. The van der Waals surface area contributed by atoms with E-state index in [4.69, 9.17) is 11.6 Å². The first-order chi connectivity index (χ1) is 12.4. The highest BCUT2D eigenvalue weighted by molar-refractivity contribution is 6.30. The lowest BCUT2D eigenvalue weighted by Crippen LogP contribution is -2.61. The molecule has 4 N–H and O–H groups in total. The van der Waals surface area contributed by atoms with Gasteiger partial charge in [0.25, 0.3) is 5.91 Å². The van der Waals surface area contributed by atoms with Crippen LogP contribution in [0.2, 0.25) is 5.15 Å². The molecule has 1 fully saturated rings. The minimum atomic E-state index is -0.934. The smallest absolute Gasteiger partial charge is 0.407 e. The van der Waals surface area contributed by atoms with Gasteiger partial charge in [-0.15, -0.1) is 0 Å². The normalized spacial score (nSPS) is 20.4. The zero-order valence-electron chi connectivity index (χ0n) is 15.5. The zero-order valence-corrected chi connectivity index (χ0v) is 16.3. The summed E-state index contributed by atoms with van der Waals surface area (Å²) in [7, 11) is 0. The van der Waals surface area contributed by atoms with Gasteiger partial charge in [-0.05, 0) is 25.7 Å². The summed E-state index contributed by atoms with van der Waals surface area (Å²) in [6.45, 7) is 6.84. The molecule has 0 bridgehead atoms. The van der Waals surface area contributed by atoms with E-state index in [1.807, 2.05) is 6.92 Å². The molecule has 1 aliphatic rings. The predicted octanol–water partition coefficient (Wildman–Crippen LogP) is 2.25. The second-order valence-corrected chi connectivity index (χ2v) is 6.95. The highest BCUT2D eigenvalue weighted by atomic mass is 35.5. The Morgan fingerprint density at radius 1 is 1.35 bits per heavy atom. The Bertz CT molecular complexity index is 632.